The van der Waals surface area contributed by atoms with Crippen LogP contribution >= 0.6 is 0 Å². The second-order valence-electron chi connectivity index (χ2n) is 21.2. The van der Waals surface area contributed by atoms with Gasteiger partial charge in [0, 0.05) is 49.7 Å². The maximum absolute atomic E-state index is 3.72. The van der Waals surface area contributed by atoms with Crippen molar-refractivity contribution in [3.63, 3.8) is 0 Å². The Bertz CT molecular complexity index is 3950. The Balaban J connectivity index is 0.899. The lowest BCUT2D eigenvalue weighted by atomic mass is 9.67. The summed E-state index contributed by atoms with van der Waals surface area (Å²) in [5.74, 6) is 0. The molecule has 1 N–H and O–H groups in total. The summed E-state index contributed by atoms with van der Waals surface area (Å²) in [5, 5.41) is 2.50. The lowest BCUT2D eigenvalue weighted by Crippen LogP contribution is -2.28. The molecule has 0 radical (unpaired) electrons. The van der Waals surface area contributed by atoms with E-state index in [1.807, 2.05) is 0 Å². The highest BCUT2D eigenvalue weighted by molar-refractivity contribution is 6.08. The van der Waals surface area contributed by atoms with E-state index < -0.39 is 5.41 Å². The van der Waals surface area contributed by atoms with Gasteiger partial charge in [-0.3, -0.25) is 0 Å². The lowest BCUT2D eigenvalue weighted by Gasteiger charge is -2.35. The average Bonchev–Trinajstić information content (AvgIpc) is 4.15. The molecule has 1 aromatic heterocycles. The molecule has 3 aliphatic rings. The van der Waals surface area contributed by atoms with Crippen molar-refractivity contribution in [3.05, 3.63) is 316 Å². The number of benzene rings is 11. The highest BCUT2D eigenvalue weighted by Gasteiger charge is 2.47. The Morgan fingerprint density at radius 1 is 0.297 bits per heavy atom. The van der Waals surface area contributed by atoms with E-state index >= 15 is 0 Å². The minimum atomic E-state index is -0.561. The lowest BCUT2D eigenvalue weighted by molar-refractivity contribution is 0.713. The van der Waals surface area contributed by atoms with Crippen LogP contribution in [0.2, 0.25) is 0 Å². The Labute approximate surface area is 432 Å². The van der Waals surface area contributed by atoms with Crippen molar-refractivity contribution in [1.82, 2.24) is 4.98 Å². The van der Waals surface area contributed by atoms with Crippen molar-refractivity contribution in [2.45, 2.75) is 37.0 Å². The summed E-state index contributed by atoms with van der Waals surface area (Å²) < 4.78 is 0. The zero-order valence-corrected chi connectivity index (χ0v) is 41.7. The van der Waals surface area contributed by atoms with Gasteiger partial charge in [0.25, 0.3) is 0 Å². The number of hydrogen-bond donors (Lipinski definition) is 1. The topological polar surface area (TPSA) is 19.0 Å². The summed E-state index contributed by atoms with van der Waals surface area (Å²) in [5.41, 5.74) is 26.6. The third-order valence-corrected chi connectivity index (χ3v) is 17.5. The first-order chi connectivity index (χ1) is 36.3. The molecule has 2 nitrogen and oxygen atoms in total. The average molecular weight is 945 g/mol. The van der Waals surface area contributed by atoms with Crippen LogP contribution in [0.1, 0.15) is 75.0 Å². The molecule has 0 fully saturated rings. The van der Waals surface area contributed by atoms with E-state index in [4.69, 9.17) is 0 Å². The number of nitrogens with zero attached hydrogens (tertiary/aromatic N) is 1. The molecule has 1 heterocycles. The molecular weight excluding hydrogens is 893 g/mol. The second-order valence-corrected chi connectivity index (χ2v) is 21.2. The molecule has 0 spiro atoms. The quantitative estimate of drug-likeness (QED) is 0.169. The minimum Gasteiger partial charge on any atom is -0.355 e. The molecule has 12 aromatic rings. The number of aromatic amines is 1. The predicted octanol–water partition coefficient (Wildman–Crippen LogP) is 18.1. The zero-order valence-electron chi connectivity index (χ0n) is 41.7. The first-order valence-electron chi connectivity index (χ1n) is 26.1. The second kappa shape index (κ2) is 15.8. The van der Waals surface area contributed by atoms with Crippen LogP contribution in [0.15, 0.2) is 255 Å². The number of fused-ring (bicyclic) bond motifs is 12. The molecule has 350 valence electrons. The Morgan fingerprint density at radius 3 is 1.01 bits per heavy atom. The van der Waals surface area contributed by atoms with Crippen LogP contribution in [0.3, 0.4) is 0 Å². The normalized spacial score (nSPS) is 14.7. The third kappa shape index (κ3) is 5.77. The number of aromatic nitrogens is 1. The molecule has 0 saturated carbocycles. The van der Waals surface area contributed by atoms with E-state index in [1.165, 1.54) is 105 Å². The van der Waals surface area contributed by atoms with Gasteiger partial charge in [-0.25, -0.2) is 0 Å². The van der Waals surface area contributed by atoms with Crippen molar-refractivity contribution in [2.75, 3.05) is 4.90 Å². The van der Waals surface area contributed by atoms with E-state index in [0.29, 0.717) is 0 Å². The van der Waals surface area contributed by atoms with Gasteiger partial charge in [0.05, 0.1) is 5.41 Å². The monoisotopic (exact) mass is 944 g/mol. The Morgan fingerprint density at radius 2 is 0.608 bits per heavy atom. The number of aryl methyl sites for hydroxylation is 1. The minimum absolute atomic E-state index is 0.292. The maximum atomic E-state index is 3.72. The number of H-pyrrole nitrogens is 1. The third-order valence-electron chi connectivity index (χ3n) is 17.5. The summed E-state index contributed by atoms with van der Waals surface area (Å²) in [4.78, 5) is 6.16. The van der Waals surface area contributed by atoms with Gasteiger partial charge in [0.2, 0.25) is 0 Å². The van der Waals surface area contributed by atoms with Gasteiger partial charge in [-0.2, -0.15) is 0 Å². The fourth-order valence-electron chi connectivity index (χ4n) is 14.0. The standard InChI is InChI=1S/C72H52N2/c1-46-28-42-68-60(44-46)61-45-50(35-43-69(61)73-68)72(66-26-14-8-20-58(66)59-21-9-15-27-67(59)72)49-33-40-53(41-34-49)74(51-36-29-47(30-37-51)70(2)62-22-10-4-16-54(62)55-17-5-11-23-63(55)70)52-38-31-48(32-39-52)71(3)64-24-12-6-18-56(64)57-19-7-13-25-65(57)71/h4-45,73H,1-3H3. The van der Waals surface area contributed by atoms with E-state index in [2.05, 4.69) is 285 Å². The summed E-state index contributed by atoms with van der Waals surface area (Å²) in [6.45, 7) is 6.98. The molecule has 74 heavy (non-hydrogen) atoms. The van der Waals surface area contributed by atoms with Crippen LogP contribution in [0.4, 0.5) is 17.1 Å². The van der Waals surface area contributed by atoms with Crippen molar-refractivity contribution in [1.29, 1.82) is 0 Å². The number of nitrogens with one attached hydrogen (secondary N) is 1. The molecule has 0 bridgehead atoms. The van der Waals surface area contributed by atoms with E-state index in [-0.39, 0.29) is 10.8 Å². The Hall–Kier alpha value is -8.98. The van der Waals surface area contributed by atoms with Crippen LogP contribution < -0.4 is 4.90 Å². The molecule has 0 unspecified atom stereocenters. The van der Waals surface area contributed by atoms with Gasteiger partial charge in [-0.05, 0) is 170 Å². The molecular formula is C72H52N2. The smallest absolute Gasteiger partial charge is 0.0713 e. The molecule has 0 aliphatic heterocycles. The van der Waals surface area contributed by atoms with Gasteiger partial charge in [0.15, 0.2) is 0 Å². The summed E-state index contributed by atoms with van der Waals surface area (Å²) in [6, 6.07) is 96.0. The Kier molecular flexibility index (Phi) is 9.09. The maximum Gasteiger partial charge on any atom is 0.0713 e. The predicted molar refractivity (Wildman–Crippen MR) is 307 cm³/mol. The fourth-order valence-corrected chi connectivity index (χ4v) is 14.0. The van der Waals surface area contributed by atoms with Crippen LogP contribution in [-0.2, 0) is 16.2 Å². The van der Waals surface area contributed by atoms with E-state index in [9.17, 15) is 0 Å². The van der Waals surface area contributed by atoms with E-state index in [1.54, 1.807) is 0 Å². The zero-order chi connectivity index (χ0) is 49.3. The molecule has 3 aliphatic carbocycles. The number of rotatable bonds is 7. The van der Waals surface area contributed by atoms with Crippen molar-refractivity contribution < 1.29 is 0 Å². The first-order valence-corrected chi connectivity index (χ1v) is 26.1. The van der Waals surface area contributed by atoms with Crippen LogP contribution in [0, 0.1) is 6.92 Å². The molecule has 0 amide bonds. The summed E-state index contributed by atoms with van der Waals surface area (Å²) in [6.07, 6.45) is 0. The highest BCUT2D eigenvalue weighted by atomic mass is 15.1. The molecule has 0 atom stereocenters. The van der Waals surface area contributed by atoms with Crippen molar-refractivity contribution in [2.24, 2.45) is 0 Å². The highest BCUT2D eigenvalue weighted by Crippen LogP contribution is 2.58. The van der Waals surface area contributed by atoms with Gasteiger partial charge in [-0.15, -0.1) is 0 Å². The molecule has 15 rings (SSSR count). The first kappa shape index (κ1) is 42.7. The van der Waals surface area contributed by atoms with Gasteiger partial charge >= 0.3 is 0 Å². The van der Waals surface area contributed by atoms with Crippen LogP contribution in [-0.4, -0.2) is 4.98 Å². The van der Waals surface area contributed by atoms with Crippen LogP contribution in [0.25, 0.3) is 55.2 Å². The van der Waals surface area contributed by atoms with Crippen molar-refractivity contribution >= 4 is 38.9 Å². The van der Waals surface area contributed by atoms with Gasteiger partial charge in [0.1, 0.15) is 0 Å². The van der Waals surface area contributed by atoms with Crippen LogP contribution in [0.5, 0.6) is 0 Å². The molecule has 2 heteroatoms. The summed E-state index contributed by atoms with van der Waals surface area (Å²) >= 11 is 0. The molecule has 0 saturated heterocycles. The van der Waals surface area contributed by atoms with Gasteiger partial charge in [-0.1, -0.05) is 200 Å². The number of hydrogen-bond acceptors (Lipinski definition) is 1. The van der Waals surface area contributed by atoms with Crippen molar-refractivity contribution in [3.8, 4) is 33.4 Å². The summed E-state index contributed by atoms with van der Waals surface area (Å²) in [7, 11) is 0. The number of anilines is 3. The SMILES string of the molecule is Cc1ccc2[nH]c3ccc(C4(c5ccc(N(c6ccc(C7(C)c8ccccc8-c8ccccc87)cc6)c6ccc(C7(C)c8ccccc8-c8ccccc87)cc6)cc5)c5ccccc5-c5ccccc54)cc3c2c1. The fraction of sp³-hybridized carbons (Fsp3) is 0.0833. The largest absolute Gasteiger partial charge is 0.355 e. The van der Waals surface area contributed by atoms with E-state index in [0.717, 1.165) is 28.1 Å². The molecule has 11 aromatic carbocycles. The van der Waals surface area contributed by atoms with Gasteiger partial charge < -0.3 is 9.88 Å².